The quantitative estimate of drug-likeness (QED) is 0.208. The van der Waals surface area contributed by atoms with E-state index in [1.54, 1.807) is 11.3 Å². The van der Waals surface area contributed by atoms with Gasteiger partial charge in [-0.1, -0.05) is 97.1 Å². The molecule has 0 radical (unpaired) electrons. The number of aromatic nitrogens is 5. The van der Waals surface area contributed by atoms with E-state index in [0.717, 1.165) is 32.7 Å². The van der Waals surface area contributed by atoms with Gasteiger partial charge in [0.25, 0.3) is 0 Å². The van der Waals surface area contributed by atoms with Crippen LogP contribution in [0.3, 0.4) is 0 Å². The number of pyridine rings is 1. The molecule has 0 aliphatic carbocycles. The zero-order valence-electron chi connectivity index (χ0n) is 23.4. The lowest BCUT2D eigenvalue weighted by molar-refractivity contribution is 1.07. The van der Waals surface area contributed by atoms with Crippen LogP contribution in [0.1, 0.15) is 0 Å². The Bertz CT molecular complexity index is 2440. The predicted octanol–water partition coefficient (Wildman–Crippen LogP) is 9.73. The van der Waals surface area contributed by atoms with Gasteiger partial charge in [-0.15, -0.1) is 11.3 Å². The summed E-state index contributed by atoms with van der Waals surface area (Å²) in [4.78, 5) is 20.6. The third kappa shape index (κ3) is 3.92. The molecule has 6 heteroatoms. The highest BCUT2D eigenvalue weighted by Gasteiger charge is 2.19. The van der Waals surface area contributed by atoms with Crippen molar-refractivity contribution in [3.8, 4) is 39.9 Å². The molecule has 0 N–H and O–H groups in total. The molecule has 0 aliphatic rings. The van der Waals surface area contributed by atoms with E-state index in [9.17, 15) is 0 Å². The van der Waals surface area contributed by atoms with Crippen LogP contribution in [0.2, 0.25) is 0 Å². The van der Waals surface area contributed by atoms with Gasteiger partial charge in [0.1, 0.15) is 4.83 Å². The van der Waals surface area contributed by atoms with Gasteiger partial charge < -0.3 is 4.57 Å². The van der Waals surface area contributed by atoms with E-state index in [4.69, 9.17) is 15.0 Å². The molecule has 0 aliphatic heterocycles. The van der Waals surface area contributed by atoms with Gasteiger partial charge in [0.15, 0.2) is 17.5 Å². The molecule has 4 heterocycles. The maximum absolute atomic E-state index is 4.99. The first-order valence-electron chi connectivity index (χ1n) is 14.5. The minimum atomic E-state index is 0.635. The van der Waals surface area contributed by atoms with Gasteiger partial charge in [0.2, 0.25) is 0 Å². The summed E-state index contributed by atoms with van der Waals surface area (Å²) in [7, 11) is 0. The average Bonchev–Trinajstić information content (AvgIpc) is 3.65. The lowest BCUT2D eigenvalue weighted by atomic mass is 10.1. The topological polar surface area (TPSA) is 56.5 Å². The number of hydrogen-bond donors (Lipinski definition) is 0. The Hall–Kier alpha value is -5.72. The maximum Gasteiger partial charge on any atom is 0.164 e. The molecular weight excluding hydrogens is 559 g/mol. The van der Waals surface area contributed by atoms with Gasteiger partial charge in [0.05, 0.1) is 11.0 Å². The normalized spacial score (nSPS) is 11.6. The number of thiophene rings is 1. The molecule has 5 nitrogen and oxygen atoms in total. The third-order valence-corrected chi connectivity index (χ3v) is 9.19. The van der Waals surface area contributed by atoms with E-state index < -0.39 is 0 Å². The van der Waals surface area contributed by atoms with Crippen LogP contribution >= 0.6 is 11.3 Å². The van der Waals surface area contributed by atoms with Crippen molar-refractivity contribution < 1.29 is 0 Å². The van der Waals surface area contributed by atoms with Gasteiger partial charge in [-0.05, 0) is 36.4 Å². The summed E-state index contributed by atoms with van der Waals surface area (Å²) >= 11 is 1.74. The highest BCUT2D eigenvalue weighted by Crippen LogP contribution is 2.42. The van der Waals surface area contributed by atoms with Crippen LogP contribution < -0.4 is 0 Å². The first kappa shape index (κ1) is 24.8. The van der Waals surface area contributed by atoms with Gasteiger partial charge in [-0.25, -0.2) is 19.9 Å². The zero-order valence-corrected chi connectivity index (χ0v) is 24.2. The fourth-order valence-corrected chi connectivity index (χ4v) is 7.19. The van der Waals surface area contributed by atoms with Crippen molar-refractivity contribution in [1.29, 1.82) is 0 Å². The summed E-state index contributed by atoms with van der Waals surface area (Å²) in [6.07, 6.45) is 1.87. The van der Waals surface area contributed by atoms with E-state index in [-0.39, 0.29) is 0 Å². The summed E-state index contributed by atoms with van der Waals surface area (Å²) in [5, 5.41) is 4.85. The van der Waals surface area contributed by atoms with Crippen molar-refractivity contribution >= 4 is 53.4 Å². The number of para-hydroxylation sites is 1. The molecule has 0 unspecified atom stereocenters. The molecule has 0 fully saturated rings. The number of benzene rings is 5. The Morgan fingerprint density at radius 3 is 1.89 bits per heavy atom. The Morgan fingerprint density at radius 1 is 0.500 bits per heavy atom. The summed E-state index contributed by atoms with van der Waals surface area (Å²) in [6, 6.07) is 46.0. The highest BCUT2D eigenvalue weighted by atomic mass is 32.1. The summed E-state index contributed by atoms with van der Waals surface area (Å²) < 4.78 is 3.61. The average molecular weight is 582 g/mol. The standard InChI is InChI=1S/C38H23N5S/c1-3-11-24(12-4-1)35-40-36(25-13-5-2-6-14-25)42-37(41-35)26-15-9-16-27(23-26)43-31-19-8-7-17-28(31)29-20-21-32-33(34(29)43)30-18-10-22-39-38(30)44-32/h1-23H. The Kier molecular flexibility index (Phi) is 5.61. The molecule has 44 heavy (non-hydrogen) atoms. The third-order valence-electron chi connectivity index (χ3n) is 8.11. The van der Waals surface area contributed by atoms with Crippen LogP contribution in [0.4, 0.5) is 0 Å². The van der Waals surface area contributed by atoms with Gasteiger partial charge in [-0.3, -0.25) is 0 Å². The van der Waals surface area contributed by atoms with Crippen LogP contribution in [0.5, 0.6) is 0 Å². The second-order valence-corrected chi connectivity index (χ2v) is 11.8. The maximum atomic E-state index is 4.99. The van der Waals surface area contributed by atoms with Crippen LogP contribution in [0, 0.1) is 0 Å². The van der Waals surface area contributed by atoms with Gasteiger partial charge >= 0.3 is 0 Å². The van der Waals surface area contributed by atoms with Crippen LogP contribution in [-0.4, -0.2) is 24.5 Å². The molecule has 9 rings (SSSR count). The number of rotatable bonds is 4. The molecule has 0 spiro atoms. The van der Waals surface area contributed by atoms with E-state index in [0.29, 0.717) is 17.5 Å². The van der Waals surface area contributed by atoms with Crippen molar-refractivity contribution in [2.24, 2.45) is 0 Å². The first-order valence-corrected chi connectivity index (χ1v) is 15.3. The smallest absolute Gasteiger partial charge is 0.164 e. The van der Waals surface area contributed by atoms with Crippen molar-refractivity contribution in [2.75, 3.05) is 0 Å². The largest absolute Gasteiger partial charge is 0.309 e. The summed E-state index contributed by atoms with van der Waals surface area (Å²) in [5.74, 6) is 1.93. The van der Waals surface area contributed by atoms with E-state index in [2.05, 4.69) is 76.3 Å². The minimum Gasteiger partial charge on any atom is -0.309 e. The molecule has 0 saturated heterocycles. The van der Waals surface area contributed by atoms with Gasteiger partial charge in [0, 0.05) is 54.8 Å². The Morgan fingerprint density at radius 2 is 1.14 bits per heavy atom. The van der Waals surface area contributed by atoms with E-state index in [1.165, 1.54) is 31.8 Å². The number of nitrogens with zero attached hydrogens (tertiary/aromatic N) is 5. The minimum absolute atomic E-state index is 0.635. The molecule has 9 aromatic rings. The molecule has 4 aromatic heterocycles. The first-order chi connectivity index (χ1) is 21.8. The number of hydrogen-bond acceptors (Lipinski definition) is 5. The molecular formula is C38H23N5S. The monoisotopic (exact) mass is 581 g/mol. The van der Waals surface area contributed by atoms with Crippen LogP contribution in [-0.2, 0) is 0 Å². The lowest BCUT2D eigenvalue weighted by Gasteiger charge is -2.12. The fraction of sp³-hybridized carbons (Fsp3) is 0. The second kappa shape index (κ2) is 9.93. The van der Waals surface area contributed by atoms with Crippen molar-refractivity contribution in [1.82, 2.24) is 24.5 Å². The second-order valence-electron chi connectivity index (χ2n) is 10.7. The Balaban J connectivity index is 1.31. The van der Waals surface area contributed by atoms with Crippen LogP contribution in [0.15, 0.2) is 140 Å². The SMILES string of the molecule is c1ccc(-c2nc(-c3ccccc3)nc(-c3cccc(-n4c5ccccc5c5ccc6sc7ncccc7c6c54)c3)n2)cc1. The summed E-state index contributed by atoms with van der Waals surface area (Å²) in [6.45, 7) is 0. The van der Waals surface area contributed by atoms with Crippen molar-refractivity contribution in [3.63, 3.8) is 0 Å². The van der Waals surface area contributed by atoms with Gasteiger partial charge in [-0.2, -0.15) is 0 Å². The lowest BCUT2D eigenvalue weighted by Crippen LogP contribution is -2.01. The van der Waals surface area contributed by atoms with E-state index in [1.807, 2.05) is 72.9 Å². The van der Waals surface area contributed by atoms with Crippen molar-refractivity contribution in [2.45, 2.75) is 0 Å². The number of fused-ring (bicyclic) bond motifs is 7. The molecule has 0 amide bonds. The Labute approximate surface area is 256 Å². The van der Waals surface area contributed by atoms with E-state index >= 15 is 0 Å². The molecule has 0 saturated carbocycles. The fourth-order valence-electron chi connectivity index (χ4n) is 6.14. The van der Waals surface area contributed by atoms with Crippen LogP contribution in [0.25, 0.3) is 82.0 Å². The summed E-state index contributed by atoms with van der Waals surface area (Å²) in [5.41, 5.74) is 6.22. The molecule has 206 valence electrons. The highest BCUT2D eigenvalue weighted by molar-refractivity contribution is 7.25. The zero-order chi connectivity index (χ0) is 29.0. The van der Waals surface area contributed by atoms with Crippen molar-refractivity contribution in [3.05, 3.63) is 140 Å². The molecule has 0 atom stereocenters. The predicted molar refractivity (Wildman–Crippen MR) is 181 cm³/mol. The molecule has 5 aromatic carbocycles. The molecule has 0 bridgehead atoms.